The van der Waals surface area contributed by atoms with E-state index in [0.717, 1.165) is 33.4 Å². The summed E-state index contributed by atoms with van der Waals surface area (Å²) < 4.78 is 25.6. The van der Waals surface area contributed by atoms with Crippen LogP contribution >= 0.6 is 0 Å². The number of para-hydroxylation sites is 1. The van der Waals surface area contributed by atoms with Crippen LogP contribution in [0.5, 0.6) is 5.75 Å². The van der Waals surface area contributed by atoms with E-state index >= 15 is 4.79 Å². The van der Waals surface area contributed by atoms with Crippen molar-refractivity contribution in [3.63, 3.8) is 0 Å². The molecule has 1 saturated carbocycles. The maximum atomic E-state index is 15.9. The van der Waals surface area contributed by atoms with Gasteiger partial charge in [-0.3, -0.25) is 24.0 Å². The summed E-state index contributed by atoms with van der Waals surface area (Å²) in [6.45, 7) is 4.94. The SMILES string of the molecule is CN(C(=O)C12CC3OC(=O)C1N(Cc1ccccc1C=CCc1ccccc1O)OC2C1OC2(Cc4ccccc4C2)OC31)C(Cc1ccccc1)C(=O)NC(CO)CCC(=O)OC(C)(C)C. The topological polar surface area (TPSA) is 173 Å². The summed E-state index contributed by atoms with van der Waals surface area (Å²) in [4.78, 5) is 66.2. The molecule has 3 N–H and O–H groups in total. The van der Waals surface area contributed by atoms with Crippen LogP contribution in [0.2, 0.25) is 0 Å². The van der Waals surface area contributed by atoms with Crippen LogP contribution in [0.1, 0.15) is 73.4 Å². The largest absolute Gasteiger partial charge is 0.508 e. The van der Waals surface area contributed by atoms with Crippen LogP contribution in [0.25, 0.3) is 6.08 Å². The molecule has 9 rings (SSSR count). The Kier molecular flexibility index (Phi) is 12.9. The monoisotopic (exact) mass is 913 g/mol. The first kappa shape index (κ1) is 46.2. The second-order valence-corrected chi connectivity index (χ2v) is 19.5. The lowest BCUT2D eigenvalue weighted by atomic mass is 9.62. The number of hydroxylamine groups is 2. The molecule has 5 aliphatic rings. The maximum Gasteiger partial charge on any atom is 0.327 e. The smallest absolute Gasteiger partial charge is 0.327 e. The van der Waals surface area contributed by atoms with E-state index < -0.39 is 89.7 Å². The highest BCUT2D eigenvalue weighted by Crippen LogP contribution is 2.59. The summed E-state index contributed by atoms with van der Waals surface area (Å²) in [5.41, 5.74) is 3.10. The number of esters is 2. The molecule has 352 valence electrons. The molecule has 4 fully saturated rings. The Labute approximate surface area is 390 Å². The van der Waals surface area contributed by atoms with Crippen molar-refractivity contribution in [2.75, 3.05) is 13.7 Å². The van der Waals surface area contributed by atoms with Crippen LogP contribution in [-0.4, -0.2) is 112 Å². The Balaban J connectivity index is 1.05. The van der Waals surface area contributed by atoms with Crippen molar-refractivity contribution in [2.45, 2.75) is 126 Å². The normalized spacial score (nSPS) is 25.6. The molecule has 1 spiro atoms. The molecule has 67 heavy (non-hydrogen) atoms. The molecule has 8 unspecified atom stereocenters. The third kappa shape index (κ3) is 9.25. The van der Waals surface area contributed by atoms with E-state index in [0.29, 0.717) is 19.3 Å². The van der Waals surface area contributed by atoms with E-state index in [1.165, 1.54) is 4.90 Å². The predicted octanol–water partition coefficient (Wildman–Crippen LogP) is 5.40. The fourth-order valence-electron chi connectivity index (χ4n) is 10.6. The minimum absolute atomic E-state index is 0.0449. The molecule has 8 atom stereocenters. The van der Waals surface area contributed by atoms with Gasteiger partial charge in [-0.1, -0.05) is 109 Å². The van der Waals surface area contributed by atoms with E-state index in [4.69, 9.17) is 23.8 Å². The molecule has 2 bridgehead atoms. The molecule has 2 amide bonds. The van der Waals surface area contributed by atoms with Gasteiger partial charge < -0.3 is 39.4 Å². The number of carbonyl (C=O) groups excluding carboxylic acids is 4. The first-order valence-electron chi connectivity index (χ1n) is 23.2. The van der Waals surface area contributed by atoms with Gasteiger partial charge in [0, 0.05) is 39.2 Å². The Morgan fingerprint density at radius 3 is 2.27 bits per heavy atom. The minimum Gasteiger partial charge on any atom is -0.508 e. The molecule has 14 nitrogen and oxygen atoms in total. The van der Waals surface area contributed by atoms with Gasteiger partial charge >= 0.3 is 11.9 Å². The summed E-state index contributed by atoms with van der Waals surface area (Å²) >= 11 is 0. The number of amides is 2. The number of nitrogens with one attached hydrogen (secondary N) is 1. The molecule has 14 heteroatoms. The molecular weight excluding hydrogens is 855 g/mol. The fourth-order valence-corrected chi connectivity index (χ4v) is 10.6. The third-order valence-corrected chi connectivity index (χ3v) is 13.7. The summed E-state index contributed by atoms with van der Waals surface area (Å²) in [6.07, 6.45) is 2.12. The van der Waals surface area contributed by atoms with Gasteiger partial charge in [-0.2, -0.15) is 5.06 Å². The van der Waals surface area contributed by atoms with E-state index in [9.17, 15) is 24.6 Å². The van der Waals surface area contributed by atoms with Crippen LogP contribution in [-0.2, 0) is 75.2 Å². The van der Waals surface area contributed by atoms with E-state index in [2.05, 4.69) is 5.32 Å². The van der Waals surface area contributed by atoms with Crippen molar-refractivity contribution >= 4 is 29.8 Å². The molecule has 4 aromatic carbocycles. The van der Waals surface area contributed by atoms with E-state index in [1.807, 2.05) is 103 Å². The Morgan fingerprint density at radius 1 is 0.910 bits per heavy atom. The summed E-state index contributed by atoms with van der Waals surface area (Å²) in [5.74, 6) is -3.00. The number of phenols is 1. The van der Waals surface area contributed by atoms with Crippen molar-refractivity contribution in [3.05, 3.63) is 143 Å². The van der Waals surface area contributed by atoms with Crippen LogP contribution in [0, 0.1) is 5.41 Å². The number of benzene rings is 4. The zero-order chi connectivity index (χ0) is 47.1. The van der Waals surface area contributed by atoms with Gasteiger partial charge in [-0.25, -0.2) is 0 Å². The number of phenolic OH excluding ortho intramolecular Hbond substituents is 1. The Bertz CT molecular complexity index is 2500. The highest BCUT2D eigenvalue weighted by molar-refractivity contribution is 5.96. The van der Waals surface area contributed by atoms with Gasteiger partial charge in [-0.05, 0) is 73.1 Å². The molecule has 0 aromatic heterocycles. The highest BCUT2D eigenvalue weighted by Gasteiger charge is 2.77. The summed E-state index contributed by atoms with van der Waals surface area (Å²) in [6, 6.07) is 29.1. The lowest BCUT2D eigenvalue weighted by molar-refractivity contribution is -0.218. The zero-order valence-corrected chi connectivity index (χ0v) is 38.3. The second kappa shape index (κ2) is 18.6. The van der Waals surface area contributed by atoms with Crippen LogP contribution in [0.3, 0.4) is 0 Å². The quantitative estimate of drug-likeness (QED) is 0.130. The van der Waals surface area contributed by atoms with Gasteiger partial charge in [0.2, 0.25) is 11.8 Å². The summed E-state index contributed by atoms with van der Waals surface area (Å²) in [7, 11) is 1.56. The van der Waals surface area contributed by atoms with Gasteiger partial charge in [-0.15, -0.1) is 0 Å². The minimum atomic E-state index is -1.59. The third-order valence-electron chi connectivity index (χ3n) is 13.7. The molecule has 4 aromatic rings. The maximum absolute atomic E-state index is 15.9. The number of likely N-dealkylation sites (N-methyl/N-ethyl adjacent to an activating group) is 1. The van der Waals surface area contributed by atoms with Crippen molar-refractivity contribution in [1.82, 2.24) is 15.3 Å². The van der Waals surface area contributed by atoms with Gasteiger partial charge in [0.25, 0.3) is 0 Å². The number of aromatic hydroxyl groups is 1. The van der Waals surface area contributed by atoms with Crippen molar-refractivity contribution < 1.29 is 53.2 Å². The number of hydrogen-bond donors (Lipinski definition) is 3. The number of carbonyl (C=O) groups is 4. The average Bonchev–Trinajstić information content (AvgIpc) is 3.98. The molecule has 3 aliphatic heterocycles. The molecule has 2 aliphatic carbocycles. The molecule has 3 heterocycles. The fraction of sp³-hybridized carbons (Fsp3) is 0.434. The molecular formula is C53H59N3O11. The predicted molar refractivity (Wildman–Crippen MR) is 246 cm³/mol. The van der Waals surface area contributed by atoms with Gasteiger partial charge in [0.15, 0.2) is 11.8 Å². The first-order chi connectivity index (χ1) is 32.2. The van der Waals surface area contributed by atoms with Crippen LogP contribution < -0.4 is 5.32 Å². The van der Waals surface area contributed by atoms with Gasteiger partial charge in [0.1, 0.15) is 47.2 Å². The number of aliphatic hydroxyl groups excluding tert-OH is 1. The number of allylic oxidation sites excluding steroid dienone is 1. The Morgan fingerprint density at radius 2 is 1.57 bits per heavy atom. The number of fused-ring (bicyclic) bond motifs is 5. The lowest BCUT2D eigenvalue weighted by Gasteiger charge is -2.50. The number of hydrogen-bond acceptors (Lipinski definition) is 12. The van der Waals surface area contributed by atoms with Crippen LogP contribution in [0.15, 0.2) is 109 Å². The zero-order valence-electron chi connectivity index (χ0n) is 38.3. The van der Waals surface area contributed by atoms with Crippen molar-refractivity contribution in [2.24, 2.45) is 5.41 Å². The van der Waals surface area contributed by atoms with E-state index in [-0.39, 0.29) is 38.0 Å². The average molecular weight is 914 g/mol. The van der Waals surface area contributed by atoms with E-state index in [1.54, 1.807) is 45.0 Å². The first-order valence-corrected chi connectivity index (χ1v) is 23.2. The molecule has 3 saturated heterocycles. The summed E-state index contributed by atoms with van der Waals surface area (Å²) in [5, 5.41) is 25.3. The highest BCUT2D eigenvalue weighted by atomic mass is 16.8. The Hall–Kier alpha value is -5.90. The number of nitrogens with zero attached hydrogens (tertiary/aromatic N) is 2. The number of ether oxygens (including phenoxy) is 4. The van der Waals surface area contributed by atoms with Gasteiger partial charge in [0.05, 0.1) is 19.2 Å². The second-order valence-electron chi connectivity index (χ2n) is 19.5. The van der Waals surface area contributed by atoms with Crippen LogP contribution in [0.4, 0.5) is 0 Å². The number of rotatable bonds is 15. The van der Waals surface area contributed by atoms with Crippen molar-refractivity contribution in [3.8, 4) is 5.75 Å². The van der Waals surface area contributed by atoms with Crippen molar-refractivity contribution in [1.29, 1.82) is 0 Å². The lowest BCUT2D eigenvalue weighted by Crippen LogP contribution is -2.70. The standard InChI is InChI=1S/C53H59N3O11/c1-51(2,3)64-43(59)26-25-39(32-57)54-48(60)40(27-33-15-6-5-7-16-33)55(4)50(62)53-30-42-44-45(66-52(65-44)28-36-19-9-10-20-37(36)29-52)47(53)67-56(46(53)49(61)63-42)31-38-21-11-8-17-34(38)22-14-23-35-18-12-13-24-41(35)58/h5-22,24,39-40,42,44-47,57-58H,23,25-32H2,1-4H3,(H,54,60). The number of aliphatic hydroxyl groups is 1. The molecule has 0 radical (unpaired) electrons.